The van der Waals surface area contributed by atoms with Crippen LogP contribution in [0.4, 0.5) is 0 Å². The van der Waals surface area contributed by atoms with Crippen molar-refractivity contribution in [3.63, 3.8) is 0 Å². The van der Waals surface area contributed by atoms with E-state index in [1.807, 2.05) is 6.92 Å². The van der Waals surface area contributed by atoms with Gasteiger partial charge in [-0.25, -0.2) is 16.8 Å². The van der Waals surface area contributed by atoms with E-state index >= 15 is 0 Å². The first-order chi connectivity index (χ1) is 8.26. The second-order valence-corrected chi connectivity index (χ2v) is 9.19. The summed E-state index contributed by atoms with van der Waals surface area (Å²) in [5.74, 6) is 0. The monoisotopic (exact) mass is 298 g/mol. The minimum absolute atomic E-state index is 0.120. The second-order valence-electron chi connectivity index (χ2n) is 4.77. The molecule has 0 spiro atoms. The van der Waals surface area contributed by atoms with Crippen LogP contribution in [0.1, 0.15) is 26.2 Å². The third-order valence-electron chi connectivity index (χ3n) is 2.84. The van der Waals surface area contributed by atoms with E-state index in [9.17, 15) is 16.8 Å². The molecule has 1 unspecified atom stereocenters. The molecule has 0 bridgehead atoms. The molecule has 0 aromatic heterocycles. The van der Waals surface area contributed by atoms with Crippen LogP contribution in [0.3, 0.4) is 0 Å². The maximum absolute atomic E-state index is 12.2. The third-order valence-corrected chi connectivity index (χ3v) is 6.94. The minimum atomic E-state index is -3.74. The van der Waals surface area contributed by atoms with Gasteiger partial charge >= 0.3 is 0 Å². The molecular weight excluding hydrogens is 276 g/mol. The van der Waals surface area contributed by atoms with Crippen LogP contribution in [-0.2, 0) is 19.9 Å². The van der Waals surface area contributed by atoms with Crippen molar-refractivity contribution in [1.82, 2.24) is 9.62 Å². The van der Waals surface area contributed by atoms with E-state index in [4.69, 9.17) is 0 Å². The molecule has 1 aliphatic rings. The van der Waals surface area contributed by atoms with Crippen LogP contribution < -0.4 is 5.32 Å². The van der Waals surface area contributed by atoms with Crippen LogP contribution in [0.15, 0.2) is 0 Å². The van der Waals surface area contributed by atoms with Gasteiger partial charge in [-0.05, 0) is 25.8 Å². The van der Waals surface area contributed by atoms with Gasteiger partial charge in [0.25, 0.3) is 0 Å². The number of sulfone groups is 1. The molecule has 0 aromatic rings. The fourth-order valence-corrected chi connectivity index (χ4v) is 5.99. The molecule has 0 amide bonds. The molecule has 1 aliphatic heterocycles. The second kappa shape index (κ2) is 6.31. The molecule has 8 heteroatoms. The van der Waals surface area contributed by atoms with Crippen LogP contribution in [0.5, 0.6) is 0 Å². The van der Waals surface area contributed by atoms with E-state index in [1.54, 1.807) is 0 Å². The summed E-state index contributed by atoms with van der Waals surface area (Å²) in [6.45, 7) is 3.76. The number of sulfonamides is 1. The fraction of sp³-hybridized carbons (Fsp3) is 1.00. The van der Waals surface area contributed by atoms with E-state index in [0.717, 1.165) is 25.6 Å². The van der Waals surface area contributed by atoms with Gasteiger partial charge in [0.05, 0.1) is 0 Å². The average molecular weight is 298 g/mol. The largest absolute Gasteiger partial charge is 0.315 e. The lowest BCUT2D eigenvalue weighted by atomic mass is 10.1. The molecule has 18 heavy (non-hydrogen) atoms. The zero-order valence-corrected chi connectivity index (χ0v) is 12.6. The lowest BCUT2D eigenvalue weighted by Gasteiger charge is -2.33. The number of nitrogens with zero attached hydrogens (tertiary/aromatic N) is 1. The summed E-state index contributed by atoms with van der Waals surface area (Å²) < 4.78 is 48.1. The van der Waals surface area contributed by atoms with Gasteiger partial charge in [0.2, 0.25) is 10.0 Å². The molecule has 1 atom stereocenters. The maximum Gasteiger partial charge on any atom is 0.228 e. The van der Waals surface area contributed by atoms with Gasteiger partial charge in [-0.2, -0.15) is 4.31 Å². The summed E-state index contributed by atoms with van der Waals surface area (Å²) in [6, 6.07) is -0.120. The highest BCUT2D eigenvalue weighted by atomic mass is 32.3. The standard InChI is InChI=1S/C10H22N2O4S2/c1-3-7-12(10-5-4-6-11-8-10)18(15,16)9-17(2,13)14/h10-11H,3-9H2,1-2H3. The first-order valence-corrected chi connectivity index (χ1v) is 9.81. The first-order valence-electron chi connectivity index (χ1n) is 6.14. The highest BCUT2D eigenvalue weighted by Gasteiger charge is 2.32. The predicted molar refractivity (Wildman–Crippen MR) is 71.5 cm³/mol. The van der Waals surface area contributed by atoms with Gasteiger partial charge < -0.3 is 5.32 Å². The van der Waals surface area contributed by atoms with Crippen LogP contribution in [0, 0.1) is 0 Å². The summed E-state index contributed by atoms with van der Waals surface area (Å²) in [6.07, 6.45) is 3.34. The molecule has 108 valence electrons. The fourth-order valence-electron chi connectivity index (χ4n) is 2.19. The van der Waals surface area contributed by atoms with Gasteiger partial charge in [-0.3, -0.25) is 0 Å². The molecule has 1 N–H and O–H groups in total. The van der Waals surface area contributed by atoms with Crippen molar-refractivity contribution in [3.05, 3.63) is 0 Å². The Morgan fingerprint density at radius 3 is 2.39 bits per heavy atom. The Kier molecular flexibility index (Phi) is 5.57. The molecule has 0 radical (unpaired) electrons. The average Bonchev–Trinajstić information content (AvgIpc) is 2.23. The van der Waals surface area contributed by atoms with Crippen molar-refractivity contribution in [2.75, 3.05) is 31.0 Å². The topological polar surface area (TPSA) is 83.6 Å². The summed E-state index contributed by atoms with van der Waals surface area (Å²) >= 11 is 0. The highest BCUT2D eigenvalue weighted by molar-refractivity contribution is 8.06. The van der Waals surface area contributed by atoms with Crippen molar-refractivity contribution in [3.8, 4) is 0 Å². The molecule has 1 saturated heterocycles. The Labute approximate surface area is 110 Å². The Bertz CT molecular complexity index is 452. The SMILES string of the molecule is CCCN(C1CCCNC1)S(=O)(=O)CS(C)(=O)=O. The lowest BCUT2D eigenvalue weighted by Crippen LogP contribution is -2.50. The smallest absolute Gasteiger partial charge is 0.228 e. The summed E-state index contributed by atoms with van der Waals surface area (Å²) in [5.41, 5.74) is 0. The lowest BCUT2D eigenvalue weighted by molar-refractivity contribution is 0.267. The molecular formula is C10H22N2O4S2. The van der Waals surface area contributed by atoms with Gasteiger partial charge in [0.15, 0.2) is 14.9 Å². The van der Waals surface area contributed by atoms with Crippen molar-refractivity contribution in [2.24, 2.45) is 0 Å². The Morgan fingerprint density at radius 2 is 1.94 bits per heavy atom. The summed E-state index contributed by atoms with van der Waals surface area (Å²) in [4.78, 5) is 0. The molecule has 1 heterocycles. The molecule has 0 aliphatic carbocycles. The Balaban J connectivity index is 2.89. The Morgan fingerprint density at radius 1 is 1.28 bits per heavy atom. The number of rotatable bonds is 6. The van der Waals surface area contributed by atoms with Gasteiger partial charge in [-0.15, -0.1) is 0 Å². The van der Waals surface area contributed by atoms with Crippen LogP contribution in [0.2, 0.25) is 0 Å². The van der Waals surface area contributed by atoms with Crippen LogP contribution >= 0.6 is 0 Å². The van der Waals surface area contributed by atoms with Crippen molar-refractivity contribution in [2.45, 2.75) is 32.2 Å². The van der Waals surface area contributed by atoms with E-state index < -0.39 is 24.9 Å². The summed E-state index contributed by atoms with van der Waals surface area (Å²) in [5, 5.41) is 2.36. The van der Waals surface area contributed by atoms with E-state index in [2.05, 4.69) is 5.32 Å². The highest BCUT2D eigenvalue weighted by Crippen LogP contribution is 2.16. The number of hydrogen-bond donors (Lipinski definition) is 1. The minimum Gasteiger partial charge on any atom is -0.315 e. The third kappa shape index (κ3) is 4.83. The predicted octanol–water partition coefficient (Wildman–Crippen LogP) is -0.218. The maximum atomic E-state index is 12.2. The molecule has 6 nitrogen and oxygen atoms in total. The summed E-state index contributed by atoms with van der Waals surface area (Å²) in [7, 11) is -7.27. The van der Waals surface area contributed by atoms with E-state index in [0.29, 0.717) is 19.5 Å². The van der Waals surface area contributed by atoms with Crippen molar-refractivity contribution in [1.29, 1.82) is 0 Å². The normalized spacial score (nSPS) is 22.3. The van der Waals surface area contributed by atoms with Crippen molar-refractivity contribution >= 4 is 19.9 Å². The van der Waals surface area contributed by atoms with E-state index in [-0.39, 0.29) is 6.04 Å². The molecule has 1 rings (SSSR count). The van der Waals surface area contributed by atoms with Crippen molar-refractivity contribution < 1.29 is 16.8 Å². The molecule has 0 saturated carbocycles. The number of hydrogen-bond acceptors (Lipinski definition) is 5. The zero-order valence-electron chi connectivity index (χ0n) is 10.9. The van der Waals surface area contributed by atoms with Crippen LogP contribution in [0.25, 0.3) is 0 Å². The quantitative estimate of drug-likeness (QED) is 0.733. The van der Waals surface area contributed by atoms with Crippen LogP contribution in [-0.4, -0.2) is 58.2 Å². The molecule has 1 fully saturated rings. The number of nitrogens with one attached hydrogen (secondary N) is 1. The van der Waals surface area contributed by atoms with Gasteiger partial charge in [-0.1, -0.05) is 6.92 Å². The molecule has 0 aromatic carbocycles. The zero-order chi connectivity index (χ0) is 13.8. The van der Waals surface area contributed by atoms with Gasteiger partial charge in [0.1, 0.15) is 0 Å². The Hall–Kier alpha value is -0.180. The first kappa shape index (κ1) is 15.9. The number of piperidine rings is 1. The van der Waals surface area contributed by atoms with E-state index in [1.165, 1.54) is 4.31 Å². The van der Waals surface area contributed by atoms with Gasteiger partial charge in [0, 0.05) is 25.4 Å².